The summed E-state index contributed by atoms with van der Waals surface area (Å²) in [5.74, 6) is 1.26. The lowest BCUT2D eigenvalue weighted by Crippen LogP contribution is -2.37. The van der Waals surface area contributed by atoms with E-state index >= 15 is 0 Å². The molecule has 0 saturated heterocycles. The molecule has 0 radical (unpaired) electrons. The summed E-state index contributed by atoms with van der Waals surface area (Å²) in [7, 11) is 0. The Morgan fingerprint density at radius 2 is 2.00 bits per heavy atom. The third-order valence-corrected chi connectivity index (χ3v) is 2.30. The molecule has 0 aliphatic carbocycles. The first-order valence-electron chi connectivity index (χ1n) is 5.09. The molecule has 0 aromatic heterocycles. The van der Waals surface area contributed by atoms with Crippen molar-refractivity contribution in [1.29, 1.82) is 0 Å². The van der Waals surface area contributed by atoms with E-state index in [1.165, 1.54) is 0 Å². The maximum Gasteiger partial charge on any atom is 0.0591 e. The minimum absolute atomic E-state index is 0.409. The Morgan fingerprint density at radius 3 is 2.46 bits per heavy atom. The molecule has 2 nitrogen and oxygen atoms in total. The predicted molar refractivity (Wildman–Crippen MR) is 58.5 cm³/mol. The molecule has 1 atom stereocenters. The van der Waals surface area contributed by atoms with E-state index in [0.29, 0.717) is 17.8 Å². The summed E-state index contributed by atoms with van der Waals surface area (Å²) >= 11 is 5.80. The van der Waals surface area contributed by atoms with E-state index in [1.54, 1.807) is 0 Å². The van der Waals surface area contributed by atoms with Crippen molar-refractivity contribution in [1.82, 2.24) is 5.32 Å². The normalized spacial score (nSPS) is 13.6. The fraction of sp³-hybridized carbons (Fsp3) is 1.00. The van der Waals surface area contributed by atoms with Gasteiger partial charge in [-0.2, -0.15) is 0 Å². The van der Waals surface area contributed by atoms with Crippen LogP contribution < -0.4 is 5.32 Å². The molecule has 0 spiro atoms. The summed E-state index contributed by atoms with van der Waals surface area (Å²) in [6.07, 6.45) is 1.09. The lowest BCUT2D eigenvalue weighted by molar-refractivity contribution is 0.133. The molecule has 1 unspecified atom stereocenters. The van der Waals surface area contributed by atoms with E-state index in [0.717, 1.165) is 26.2 Å². The first-order chi connectivity index (χ1) is 6.22. The van der Waals surface area contributed by atoms with Gasteiger partial charge < -0.3 is 10.1 Å². The molecule has 0 aromatic carbocycles. The molecule has 0 heterocycles. The fourth-order valence-corrected chi connectivity index (χ4v) is 1.50. The van der Waals surface area contributed by atoms with Gasteiger partial charge in [0.15, 0.2) is 0 Å². The highest BCUT2D eigenvalue weighted by Crippen LogP contribution is 2.02. The molecule has 0 amide bonds. The molecular weight excluding hydrogens is 186 g/mol. The predicted octanol–water partition coefficient (Wildman–Crippen LogP) is 2.27. The number of ether oxygens (including phenoxy) is 1. The van der Waals surface area contributed by atoms with Crippen LogP contribution in [-0.2, 0) is 4.74 Å². The van der Waals surface area contributed by atoms with Gasteiger partial charge >= 0.3 is 0 Å². The topological polar surface area (TPSA) is 21.3 Å². The Balaban J connectivity index is 3.28. The summed E-state index contributed by atoms with van der Waals surface area (Å²) in [6.45, 7) is 9.00. The van der Waals surface area contributed by atoms with Crippen molar-refractivity contribution >= 4 is 11.6 Å². The first kappa shape index (κ1) is 13.2. The van der Waals surface area contributed by atoms with Gasteiger partial charge in [0, 0.05) is 25.1 Å². The van der Waals surface area contributed by atoms with Gasteiger partial charge in [-0.25, -0.2) is 0 Å². The van der Waals surface area contributed by atoms with E-state index in [4.69, 9.17) is 16.3 Å². The highest BCUT2D eigenvalue weighted by Gasteiger charge is 2.09. The molecule has 0 fully saturated rings. The summed E-state index contributed by atoms with van der Waals surface area (Å²) in [4.78, 5) is 0. The van der Waals surface area contributed by atoms with Crippen molar-refractivity contribution < 1.29 is 4.74 Å². The Kier molecular flexibility index (Phi) is 8.93. The van der Waals surface area contributed by atoms with Crippen LogP contribution in [0.2, 0.25) is 0 Å². The van der Waals surface area contributed by atoms with Gasteiger partial charge in [0.1, 0.15) is 0 Å². The second-order valence-corrected chi connectivity index (χ2v) is 3.88. The first-order valence-corrected chi connectivity index (χ1v) is 5.62. The zero-order valence-electron chi connectivity index (χ0n) is 8.98. The van der Waals surface area contributed by atoms with Crippen LogP contribution >= 0.6 is 11.6 Å². The fourth-order valence-electron chi connectivity index (χ4n) is 1.03. The van der Waals surface area contributed by atoms with Gasteiger partial charge in [-0.15, -0.1) is 11.6 Å². The molecule has 13 heavy (non-hydrogen) atoms. The van der Waals surface area contributed by atoms with Crippen LogP contribution in [0.25, 0.3) is 0 Å². The van der Waals surface area contributed by atoms with Gasteiger partial charge in [0.25, 0.3) is 0 Å². The maximum absolute atomic E-state index is 5.80. The molecule has 0 aromatic rings. The molecule has 0 saturated carbocycles. The third-order valence-electron chi connectivity index (χ3n) is 1.97. The largest absolute Gasteiger partial charge is 0.380 e. The van der Waals surface area contributed by atoms with E-state index < -0.39 is 0 Å². The average Bonchev–Trinajstić information content (AvgIpc) is 2.10. The molecule has 80 valence electrons. The second-order valence-electron chi connectivity index (χ2n) is 3.57. The molecule has 1 N–H and O–H groups in total. The number of alkyl halides is 1. The van der Waals surface area contributed by atoms with Crippen molar-refractivity contribution in [3.63, 3.8) is 0 Å². The van der Waals surface area contributed by atoms with Crippen LogP contribution in [0.3, 0.4) is 0 Å². The van der Waals surface area contributed by atoms with Gasteiger partial charge in [0.2, 0.25) is 0 Å². The number of rotatable bonds is 8. The quantitative estimate of drug-likeness (QED) is 0.487. The lowest BCUT2D eigenvalue weighted by atomic mass is 10.1. The Morgan fingerprint density at radius 1 is 1.31 bits per heavy atom. The third kappa shape index (κ3) is 7.29. The lowest BCUT2D eigenvalue weighted by Gasteiger charge is -2.19. The van der Waals surface area contributed by atoms with E-state index in [9.17, 15) is 0 Å². The van der Waals surface area contributed by atoms with Gasteiger partial charge in [-0.05, 0) is 12.3 Å². The van der Waals surface area contributed by atoms with Crippen molar-refractivity contribution in [2.24, 2.45) is 5.92 Å². The Bertz CT molecular complexity index is 109. The van der Waals surface area contributed by atoms with E-state index in [2.05, 4.69) is 26.1 Å². The van der Waals surface area contributed by atoms with Crippen LogP contribution in [-0.4, -0.2) is 31.7 Å². The molecular formula is C10H22ClNO. The molecule has 0 aliphatic rings. The monoisotopic (exact) mass is 207 g/mol. The van der Waals surface area contributed by atoms with Crippen molar-refractivity contribution in [3.8, 4) is 0 Å². The van der Waals surface area contributed by atoms with Crippen LogP contribution in [0, 0.1) is 5.92 Å². The SMILES string of the molecule is CCCOCCNC(CCl)C(C)C. The van der Waals surface area contributed by atoms with Crippen molar-refractivity contribution in [2.75, 3.05) is 25.6 Å². The molecule has 3 heteroatoms. The van der Waals surface area contributed by atoms with Gasteiger partial charge in [0.05, 0.1) is 6.61 Å². The number of hydrogen-bond donors (Lipinski definition) is 1. The van der Waals surface area contributed by atoms with Crippen molar-refractivity contribution in [3.05, 3.63) is 0 Å². The van der Waals surface area contributed by atoms with Gasteiger partial charge in [-0.3, -0.25) is 0 Å². The zero-order chi connectivity index (χ0) is 10.1. The van der Waals surface area contributed by atoms with Crippen LogP contribution in [0.1, 0.15) is 27.2 Å². The average molecular weight is 208 g/mol. The highest BCUT2D eigenvalue weighted by atomic mass is 35.5. The summed E-state index contributed by atoms with van der Waals surface area (Å²) < 4.78 is 5.35. The van der Waals surface area contributed by atoms with E-state index in [-0.39, 0.29) is 0 Å². The van der Waals surface area contributed by atoms with Crippen LogP contribution in [0.15, 0.2) is 0 Å². The second kappa shape index (κ2) is 8.79. The van der Waals surface area contributed by atoms with Crippen LogP contribution in [0.4, 0.5) is 0 Å². The molecule has 0 aliphatic heterocycles. The molecule has 0 bridgehead atoms. The van der Waals surface area contributed by atoms with Gasteiger partial charge in [-0.1, -0.05) is 20.8 Å². The molecule has 0 rings (SSSR count). The smallest absolute Gasteiger partial charge is 0.0591 e. The summed E-state index contributed by atoms with van der Waals surface area (Å²) in [6, 6.07) is 0.409. The Labute approximate surface area is 87.0 Å². The summed E-state index contributed by atoms with van der Waals surface area (Å²) in [5.41, 5.74) is 0. The minimum atomic E-state index is 0.409. The number of hydrogen-bond acceptors (Lipinski definition) is 2. The zero-order valence-corrected chi connectivity index (χ0v) is 9.73. The minimum Gasteiger partial charge on any atom is -0.380 e. The highest BCUT2D eigenvalue weighted by molar-refractivity contribution is 6.18. The standard InChI is InChI=1S/C10H22ClNO/c1-4-6-13-7-5-12-10(8-11)9(2)3/h9-10,12H,4-8H2,1-3H3. The van der Waals surface area contributed by atoms with Crippen LogP contribution in [0.5, 0.6) is 0 Å². The van der Waals surface area contributed by atoms with E-state index in [1.807, 2.05) is 0 Å². The maximum atomic E-state index is 5.80. The summed E-state index contributed by atoms with van der Waals surface area (Å²) in [5, 5.41) is 3.37. The Hall–Kier alpha value is 0.210. The number of halogens is 1. The number of nitrogens with one attached hydrogen (secondary N) is 1. The van der Waals surface area contributed by atoms with Crippen molar-refractivity contribution in [2.45, 2.75) is 33.2 Å².